The fourth-order valence-corrected chi connectivity index (χ4v) is 3.86. The smallest absolute Gasteiger partial charge is 0.251 e. The highest BCUT2D eigenvalue weighted by Crippen LogP contribution is 2.18. The van der Waals surface area contributed by atoms with Crippen molar-refractivity contribution < 1.29 is 17.9 Å². The fraction of sp³-hybridized carbons (Fsp3) is 0.381. The Morgan fingerprint density at radius 3 is 2.50 bits per heavy atom. The van der Waals surface area contributed by atoms with E-state index in [1.807, 2.05) is 18.2 Å². The molecular formula is C21H28N2O4S. The number of benzene rings is 2. The summed E-state index contributed by atoms with van der Waals surface area (Å²) in [6, 6.07) is 14.7. The lowest BCUT2D eigenvalue weighted by atomic mass is 9.98. The first kappa shape index (κ1) is 22.1. The summed E-state index contributed by atoms with van der Waals surface area (Å²) in [5.74, 6) is 0.0472. The molecule has 0 heterocycles. The first-order valence-corrected chi connectivity index (χ1v) is 10.8. The van der Waals surface area contributed by atoms with Gasteiger partial charge in [0.05, 0.1) is 11.5 Å². The molecule has 7 heteroatoms. The highest BCUT2D eigenvalue weighted by Gasteiger charge is 2.18. The Bertz CT molecular complexity index is 883. The summed E-state index contributed by atoms with van der Waals surface area (Å²) in [5, 5.41) is 2.90. The highest BCUT2D eigenvalue weighted by atomic mass is 32.2. The van der Waals surface area contributed by atoms with Crippen LogP contribution in [0.15, 0.2) is 53.4 Å². The molecular weight excluding hydrogens is 376 g/mol. The molecule has 2 aromatic carbocycles. The quantitative estimate of drug-likeness (QED) is 0.597. The van der Waals surface area contributed by atoms with Crippen LogP contribution in [0.1, 0.15) is 40.7 Å². The molecule has 1 amide bonds. The van der Waals surface area contributed by atoms with Gasteiger partial charge in [-0.05, 0) is 42.5 Å². The zero-order chi connectivity index (χ0) is 20.6. The molecule has 6 nitrogen and oxygen atoms in total. The van der Waals surface area contributed by atoms with E-state index in [-0.39, 0.29) is 24.0 Å². The fourth-order valence-electron chi connectivity index (χ4n) is 2.82. The summed E-state index contributed by atoms with van der Waals surface area (Å²) in [7, 11) is -2.18. The Morgan fingerprint density at radius 1 is 1.11 bits per heavy atom. The first-order chi connectivity index (χ1) is 13.3. The second-order valence-corrected chi connectivity index (χ2v) is 8.49. The zero-order valence-corrected chi connectivity index (χ0v) is 17.4. The molecule has 2 aromatic rings. The van der Waals surface area contributed by atoms with Gasteiger partial charge in [-0.15, -0.1) is 0 Å². The Balaban J connectivity index is 2.00. The van der Waals surface area contributed by atoms with Gasteiger partial charge in [0.25, 0.3) is 5.91 Å². The van der Waals surface area contributed by atoms with Crippen LogP contribution in [0.4, 0.5) is 0 Å². The third kappa shape index (κ3) is 6.15. The number of carbonyl (C=O) groups is 1. The van der Waals surface area contributed by atoms with Crippen LogP contribution >= 0.6 is 0 Å². The molecule has 0 spiro atoms. The minimum Gasteiger partial charge on any atom is -0.383 e. The van der Waals surface area contributed by atoms with Crippen molar-refractivity contribution in [2.45, 2.75) is 31.1 Å². The average molecular weight is 405 g/mol. The maximum absolute atomic E-state index is 12.6. The lowest BCUT2D eigenvalue weighted by molar-refractivity contribution is 0.0952. The number of sulfonamides is 1. The Hall–Kier alpha value is -2.22. The number of carbonyl (C=O) groups excluding carboxylic acids is 1. The molecule has 0 saturated carbocycles. The topological polar surface area (TPSA) is 84.5 Å². The SMILES string of the molecule is COCCNS(=O)(=O)c1ccc(C)c(C(=O)NCCC(C)c2ccccc2)c1. The van der Waals surface area contributed by atoms with E-state index in [1.165, 1.54) is 24.8 Å². The number of amides is 1. The maximum Gasteiger partial charge on any atom is 0.251 e. The highest BCUT2D eigenvalue weighted by molar-refractivity contribution is 7.89. The number of rotatable bonds is 10. The van der Waals surface area contributed by atoms with Crippen molar-refractivity contribution in [3.8, 4) is 0 Å². The van der Waals surface area contributed by atoms with E-state index >= 15 is 0 Å². The number of ether oxygens (including phenoxy) is 1. The second-order valence-electron chi connectivity index (χ2n) is 6.72. The van der Waals surface area contributed by atoms with Gasteiger partial charge >= 0.3 is 0 Å². The van der Waals surface area contributed by atoms with Crippen LogP contribution in [0.25, 0.3) is 0 Å². The predicted octanol–water partition coefficient (Wildman–Crippen LogP) is 2.84. The van der Waals surface area contributed by atoms with E-state index in [2.05, 4.69) is 29.1 Å². The van der Waals surface area contributed by atoms with Crippen LogP contribution in [0, 0.1) is 6.92 Å². The molecule has 28 heavy (non-hydrogen) atoms. The molecule has 0 fully saturated rings. The molecule has 0 aliphatic rings. The third-order valence-corrected chi connectivity index (χ3v) is 6.05. The number of aryl methyl sites for hydroxylation is 1. The summed E-state index contributed by atoms with van der Waals surface area (Å²) in [5.41, 5.74) is 2.31. The van der Waals surface area contributed by atoms with Gasteiger partial charge in [-0.2, -0.15) is 0 Å². The molecule has 0 bridgehead atoms. The molecule has 152 valence electrons. The van der Waals surface area contributed by atoms with E-state index in [9.17, 15) is 13.2 Å². The molecule has 1 unspecified atom stereocenters. The van der Waals surface area contributed by atoms with Gasteiger partial charge in [0.2, 0.25) is 10.0 Å². The van der Waals surface area contributed by atoms with Crippen molar-refractivity contribution in [3.63, 3.8) is 0 Å². The third-order valence-electron chi connectivity index (χ3n) is 4.59. The van der Waals surface area contributed by atoms with Crippen molar-refractivity contribution in [1.29, 1.82) is 0 Å². The van der Waals surface area contributed by atoms with E-state index in [4.69, 9.17) is 4.74 Å². The minimum atomic E-state index is -3.69. The second kappa shape index (κ2) is 10.4. The van der Waals surface area contributed by atoms with Gasteiger partial charge in [0.1, 0.15) is 0 Å². The normalized spacial score (nSPS) is 12.5. The van der Waals surface area contributed by atoms with Crippen molar-refractivity contribution in [3.05, 3.63) is 65.2 Å². The molecule has 0 radical (unpaired) electrons. The van der Waals surface area contributed by atoms with Gasteiger partial charge in [-0.1, -0.05) is 43.3 Å². The number of hydrogen-bond donors (Lipinski definition) is 2. The van der Waals surface area contributed by atoms with Crippen molar-refractivity contribution in [2.75, 3.05) is 26.8 Å². The van der Waals surface area contributed by atoms with Gasteiger partial charge in [-0.3, -0.25) is 4.79 Å². The molecule has 0 aliphatic heterocycles. The van der Waals surface area contributed by atoms with E-state index in [0.717, 1.165) is 12.0 Å². The van der Waals surface area contributed by atoms with Crippen LogP contribution in [-0.4, -0.2) is 41.1 Å². The lowest BCUT2D eigenvalue weighted by Gasteiger charge is -2.14. The summed E-state index contributed by atoms with van der Waals surface area (Å²) in [6.07, 6.45) is 0.797. The van der Waals surface area contributed by atoms with E-state index < -0.39 is 10.0 Å². The largest absolute Gasteiger partial charge is 0.383 e. The average Bonchev–Trinajstić information content (AvgIpc) is 2.68. The molecule has 2 N–H and O–H groups in total. The predicted molar refractivity (Wildman–Crippen MR) is 110 cm³/mol. The van der Waals surface area contributed by atoms with Gasteiger partial charge in [0, 0.05) is 25.8 Å². The van der Waals surface area contributed by atoms with E-state index in [0.29, 0.717) is 18.0 Å². The van der Waals surface area contributed by atoms with Crippen LogP contribution in [0.3, 0.4) is 0 Å². The number of hydrogen-bond acceptors (Lipinski definition) is 4. The minimum absolute atomic E-state index is 0.0667. The Kier molecular flexibility index (Phi) is 8.17. The van der Waals surface area contributed by atoms with Gasteiger partial charge in [-0.25, -0.2) is 13.1 Å². The molecule has 0 aliphatic carbocycles. The van der Waals surface area contributed by atoms with E-state index in [1.54, 1.807) is 13.0 Å². The molecule has 1 atom stereocenters. The summed E-state index contributed by atoms with van der Waals surface area (Å²) >= 11 is 0. The van der Waals surface area contributed by atoms with Crippen LogP contribution in [0.2, 0.25) is 0 Å². The number of methoxy groups -OCH3 is 1. The van der Waals surface area contributed by atoms with Crippen molar-refractivity contribution >= 4 is 15.9 Å². The summed E-state index contributed by atoms with van der Waals surface area (Å²) in [6.45, 7) is 4.86. The standard InChI is InChI=1S/C21H28N2O4S/c1-16(18-7-5-4-6-8-18)11-12-22-21(24)20-15-19(10-9-17(20)2)28(25,26)23-13-14-27-3/h4-10,15-16,23H,11-14H2,1-3H3,(H,22,24). The van der Waals surface area contributed by atoms with Gasteiger partial charge < -0.3 is 10.1 Å². The van der Waals surface area contributed by atoms with Crippen molar-refractivity contribution in [2.24, 2.45) is 0 Å². The summed E-state index contributed by atoms with van der Waals surface area (Å²) < 4.78 is 32.0. The maximum atomic E-state index is 12.6. The zero-order valence-electron chi connectivity index (χ0n) is 16.6. The monoisotopic (exact) mass is 404 g/mol. The molecule has 0 saturated heterocycles. The molecule has 0 aromatic heterocycles. The first-order valence-electron chi connectivity index (χ1n) is 9.27. The Morgan fingerprint density at radius 2 is 1.82 bits per heavy atom. The van der Waals surface area contributed by atoms with Crippen LogP contribution < -0.4 is 10.0 Å². The van der Waals surface area contributed by atoms with Crippen LogP contribution in [0.5, 0.6) is 0 Å². The Labute approximate surface area is 167 Å². The number of nitrogens with one attached hydrogen (secondary N) is 2. The van der Waals surface area contributed by atoms with Gasteiger partial charge in [0.15, 0.2) is 0 Å². The van der Waals surface area contributed by atoms with Crippen LogP contribution in [-0.2, 0) is 14.8 Å². The molecule has 2 rings (SSSR count). The lowest BCUT2D eigenvalue weighted by Crippen LogP contribution is -2.29. The summed E-state index contributed by atoms with van der Waals surface area (Å²) in [4.78, 5) is 12.6. The van der Waals surface area contributed by atoms with Crippen molar-refractivity contribution in [1.82, 2.24) is 10.0 Å².